The fourth-order valence-electron chi connectivity index (χ4n) is 3.46. The van der Waals surface area contributed by atoms with Gasteiger partial charge >= 0.3 is 5.97 Å². The van der Waals surface area contributed by atoms with Crippen molar-refractivity contribution in [3.63, 3.8) is 0 Å². The highest BCUT2D eigenvalue weighted by Crippen LogP contribution is 2.32. The molecule has 2 heterocycles. The first kappa shape index (κ1) is 23.6. The number of ether oxygens (including phenoxy) is 2. The molecule has 4 rings (SSSR count). The predicted octanol–water partition coefficient (Wildman–Crippen LogP) is 3.77. The number of rotatable bonds is 8. The Hall–Kier alpha value is -2.53. The fourth-order valence-corrected chi connectivity index (χ4v) is 5.71. The third-order valence-electron chi connectivity index (χ3n) is 5.47. The molecule has 1 aliphatic rings. The van der Waals surface area contributed by atoms with Gasteiger partial charge in [0, 0.05) is 32.7 Å². The number of nitrogens with zero attached hydrogens (tertiary/aromatic N) is 3. The Morgan fingerprint density at radius 3 is 2.61 bits per heavy atom. The number of carbonyl (C=O) groups excluding carboxylic acids is 1. The molecule has 0 radical (unpaired) electrons. The molecule has 0 atom stereocenters. The Balaban J connectivity index is 1.45. The minimum Gasteiger partial charge on any atom is -0.423 e. The van der Waals surface area contributed by atoms with Gasteiger partial charge in [-0.2, -0.15) is 0 Å². The molecule has 1 saturated heterocycles. The lowest BCUT2D eigenvalue weighted by Gasteiger charge is -2.25. The number of sulfonamides is 1. The summed E-state index contributed by atoms with van der Waals surface area (Å²) < 4.78 is 38.5. The molecule has 176 valence electrons. The average Bonchev–Trinajstić information content (AvgIpc) is 3.26. The van der Waals surface area contributed by atoms with Crippen LogP contribution in [0.5, 0.6) is 5.75 Å². The van der Waals surface area contributed by atoms with Gasteiger partial charge in [-0.25, -0.2) is 22.5 Å². The summed E-state index contributed by atoms with van der Waals surface area (Å²) in [6.07, 6.45) is 1.70. The number of thiazole rings is 1. The van der Waals surface area contributed by atoms with Crippen LogP contribution in [-0.4, -0.2) is 63.6 Å². The number of carbonyl (C=O) groups is 1. The van der Waals surface area contributed by atoms with E-state index in [-0.39, 0.29) is 10.5 Å². The van der Waals surface area contributed by atoms with Crippen molar-refractivity contribution in [1.82, 2.24) is 9.29 Å². The number of benzene rings is 2. The zero-order valence-corrected chi connectivity index (χ0v) is 20.3. The third-order valence-corrected chi connectivity index (χ3v) is 8.42. The summed E-state index contributed by atoms with van der Waals surface area (Å²) in [5.41, 5.74) is 1.13. The zero-order chi connectivity index (χ0) is 23.4. The van der Waals surface area contributed by atoms with Crippen molar-refractivity contribution < 1.29 is 22.7 Å². The Morgan fingerprint density at radius 1 is 1.18 bits per heavy atom. The summed E-state index contributed by atoms with van der Waals surface area (Å²) in [5.74, 6) is -0.128. The molecule has 1 fully saturated rings. The van der Waals surface area contributed by atoms with Gasteiger partial charge in [-0.15, -0.1) is 0 Å². The maximum Gasteiger partial charge on any atom is 0.343 e. The number of esters is 1. The van der Waals surface area contributed by atoms with Crippen molar-refractivity contribution >= 4 is 42.7 Å². The van der Waals surface area contributed by atoms with Gasteiger partial charge in [0.05, 0.1) is 33.9 Å². The van der Waals surface area contributed by atoms with E-state index >= 15 is 0 Å². The first-order valence-electron chi connectivity index (χ1n) is 10.9. The second-order valence-corrected chi connectivity index (χ2v) is 10.9. The molecular formula is C23H27N3O5S2. The number of hydrogen-bond donors (Lipinski definition) is 0. The van der Waals surface area contributed by atoms with Crippen LogP contribution in [0.3, 0.4) is 0 Å². The number of hydrogen-bond acceptors (Lipinski definition) is 8. The van der Waals surface area contributed by atoms with Crippen LogP contribution >= 0.6 is 11.3 Å². The van der Waals surface area contributed by atoms with Crippen molar-refractivity contribution in [3.05, 3.63) is 48.0 Å². The molecule has 3 aromatic rings. The van der Waals surface area contributed by atoms with E-state index in [9.17, 15) is 13.2 Å². The van der Waals surface area contributed by atoms with Crippen molar-refractivity contribution in [3.8, 4) is 5.75 Å². The van der Waals surface area contributed by atoms with Crippen molar-refractivity contribution in [2.75, 3.05) is 44.8 Å². The van der Waals surface area contributed by atoms with Crippen molar-refractivity contribution in [1.29, 1.82) is 0 Å². The smallest absolute Gasteiger partial charge is 0.343 e. The van der Waals surface area contributed by atoms with Crippen molar-refractivity contribution in [2.24, 2.45) is 0 Å². The first-order valence-corrected chi connectivity index (χ1v) is 13.2. The minimum atomic E-state index is -3.58. The number of morpholine rings is 1. The number of fused-ring (bicyclic) bond motifs is 1. The quantitative estimate of drug-likeness (QED) is 0.351. The summed E-state index contributed by atoms with van der Waals surface area (Å²) in [4.78, 5) is 19.6. The highest BCUT2D eigenvalue weighted by Gasteiger charge is 2.21. The largest absolute Gasteiger partial charge is 0.423 e. The summed E-state index contributed by atoms with van der Waals surface area (Å²) >= 11 is 1.55. The van der Waals surface area contributed by atoms with E-state index in [0.717, 1.165) is 41.3 Å². The van der Waals surface area contributed by atoms with Crippen LogP contribution in [0.2, 0.25) is 0 Å². The third kappa shape index (κ3) is 5.35. The van der Waals surface area contributed by atoms with Crippen LogP contribution < -0.4 is 9.64 Å². The summed E-state index contributed by atoms with van der Waals surface area (Å²) in [6.45, 7) is 5.46. The van der Waals surface area contributed by atoms with Gasteiger partial charge in [0.25, 0.3) is 0 Å². The van der Waals surface area contributed by atoms with E-state index in [1.54, 1.807) is 30.5 Å². The van der Waals surface area contributed by atoms with Gasteiger partial charge in [-0.3, -0.25) is 0 Å². The summed E-state index contributed by atoms with van der Waals surface area (Å²) in [5, 5.41) is 0.928. The van der Waals surface area contributed by atoms with Gasteiger partial charge < -0.3 is 14.4 Å². The number of aromatic nitrogens is 1. The standard InChI is InChI=1S/C23H27N3O5S2/c1-3-4-11-25(2)33(28,29)19-8-5-17(6-9-19)22(27)31-18-7-10-20-21(16-18)32-23(24-20)26-12-14-30-15-13-26/h5-10,16H,3-4,11-15H2,1-2H3. The lowest BCUT2D eigenvalue weighted by Crippen LogP contribution is -2.36. The molecule has 33 heavy (non-hydrogen) atoms. The molecule has 0 aliphatic carbocycles. The molecule has 0 amide bonds. The highest BCUT2D eigenvalue weighted by atomic mass is 32.2. The lowest BCUT2D eigenvalue weighted by molar-refractivity contribution is 0.0735. The predicted molar refractivity (Wildman–Crippen MR) is 129 cm³/mol. The summed E-state index contributed by atoms with van der Waals surface area (Å²) in [7, 11) is -2.02. The first-order chi connectivity index (χ1) is 15.9. The second-order valence-electron chi connectivity index (χ2n) is 7.82. The van der Waals surface area contributed by atoms with E-state index in [0.29, 0.717) is 25.5 Å². The fraction of sp³-hybridized carbons (Fsp3) is 0.391. The zero-order valence-electron chi connectivity index (χ0n) is 18.7. The van der Waals surface area contributed by atoms with Gasteiger partial charge in [0.1, 0.15) is 5.75 Å². The molecule has 2 aromatic carbocycles. The van der Waals surface area contributed by atoms with Crippen LogP contribution in [0.1, 0.15) is 30.1 Å². The van der Waals surface area contributed by atoms with Crippen LogP contribution in [0.25, 0.3) is 10.2 Å². The van der Waals surface area contributed by atoms with Crippen LogP contribution in [0, 0.1) is 0 Å². The second kappa shape index (κ2) is 10.2. The minimum absolute atomic E-state index is 0.152. The molecule has 0 saturated carbocycles. The van der Waals surface area contributed by atoms with Crippen LogP contribution in [0.4, 0.5) is 5.13 Å². The number of unbranched alkanes of at least 4 members (excludes halogenated alkanes) is 1. The van der Waals surface area contributed by atoms with E-state index in [4.69, 9.17) is 9.47 Å². The molecule has 10 heteroatoms. The summed E-state index contributed by atoms with van der Waals surface area (Å²) in [6, 6.07) is 11.2. The highest BCUT2D eigenvalue weighted by molar-refractivity contribution is 7.89. The SMILES string of the molecule is CCCCN(C)S(=O)(=O)c1ccc(C(=O)Oc2ccc3nc(N4CCOCC4)sc3c2)cc1. The maximum atomic E-state index is 12.6. The Labute approximate surface area is 197 Å². The molecule has 1 aliphatic heterocycles. The Morgan fingerprint density at radius 2 is 1.91 bits per heavy atom. The average molecular weight is 490 g/mol. The molecule has 0 N–H and O–H groups in total. The molecule has 0 spiro atoms. The topological polar surface area (TPSA) is 89.0 Å². The molecular weight excluding hydrogens is 462 g/mol. The van der Waals surface area contributed by atoms with E-state index in [1.165, 1.54) is 28.6 Å². The lowest BCUT2D eigenvalue weighted by atomic mass is 10.2. The Kier molecular flexibility index (Phi) is 7.28. The molecule has 1 aromatic heterocycles. The molecule has 0 bridgehead atoms. The van der Waals surface area contributed by atoms with Crippen molar-refractivity contribution in [2.45, 2.75) is 24.7 Å². The maximum absolute atomic E-state index is 12.6. The van der Waals surface area contributed by atoms with E-state index < -0.39 is 16.0 Å². The number of anilines is 1. The van der Waals surface area contributed by atoms with Gasteiger partial charge in [0.15, 0.2) is 5.13 Å². The van der Waals surface area contributed by atoms with Gasteiger partial charge in [-0.05, 0) is 42.8 Å². The van der Waals surface area contributed by atoms with Crippen LogP contribution in [-0.2, 0) is 14.8 Å². The van der Waals surface area contributed by atoms with Gasteiger partial charge in [-0.1, -0.05) is 24.7 Å². The van der Waals surface area contributed by atoms with Crippen LogP contribution in [0.15, 0.2) is 47.4 Å². The monoisotopic (exact) mass is 489 g/mol. The molecule has 0 unspecified atom stereocenters. The normalized spacial score (nSPS) is 14.7. The van der Waals surface area contributed by atoms with E-state index in [1.807, 2.05) is 13.0 Å². The molecule has 8 nitrogen and oxygen atoms in total. The van der Waals surface area contributed by atoms with Gasteiger partial charge in [0.2, 0.25) is 10.0 Å². The van der Waals surface area contributed by atoms with E-state index in [2.05, 4.69) is 9.88 Å². The Bertz CT molecular complexity index is 1220.